The van der Waals surface area contributed by atoms with Crippen molar-refractivity contribution in [2.75, 3.05) is 18.1 Å². The van der Waals surface area contributed by atoms with Crippen LogP contribution in [0, 0.1) is 0 Å². The molecule has 5 heteroatoms. The summed E-state index contributed by atoms with van der Waals surface area (Å²) < 4.78 is 0.942. The van der Waals surface area contributed by atoms with Crippen LogP contribution in [0.15, 0.2) is 24.3 Å². The van der Waals surface area contributed by atoms with E-state index in [1.54, 1.807) is 0 Å². The summed E-state index contributed by atoms with van der Waals surface area (Å²) in [5.41, 5.74) is 5.37. The molecule has 0 aliphatic carbocycles. The van der Waals surface area contributed by atoms with E-state index >= 15 is 0 Å². The number of Topliss-reactive ketones (excluding diaryl/α,β-unsaturated/α-hetero) is 1. The highest BCUT2D eigenvalue weighted by Gasteiger charge is 2.17. The lowest BCUT2D eigenvalue weighted by molar-refractivity contribution is 0.102. The summed E-state index contributed by atoms with van der Waals surface area (Å²) in [5, 5.41) is 10.7. The molecule has 2 rings (SSSR count). The molecule has 0 radical (unpaired) electrons. The maximum atomic E-state index is 11.9. The molecule has 1 heterocycles. The highest BCUT2D eigenvalue weighted by Crippen LogP contribution is 2.37. The molecule has 0 fully saturated rings. The molecule has 90 valence electrons. The number of hydrogen-bond donors (Lipinski definition) is 2. The van der Waals surface area contributed by atoms with Crippen LogP contribution in [-0.2, 0) is 0 Å². The van der Waals surface area contributed by atoms with Crippen molar-refractivity contribution in [1.29, 1.82) is 0 Å². The summed E-state index contributed by atoms with van der Waals surface area (Å²) in [7, 11) is 0. The Morgan fingerprint density at radius 2 is 2.18 bits per heavy atom. The molecule has 0 aliphatic rings. The maximum Gasteiger partial charge on any atom is 0.186 e. The predicted molar refractivity (Wildman–Crippen MR) is 74.2 cm³/mol. The van der Waals surface area contributed by atoms with Gasteiger partial charge in [0.25, 0.3) is 0 Å². The van der Waals surface area contributed by atoms with Gasteiger partial charge in [-0.05, 0) is 12.1 Å². The number of rotatable bonds is 5. The minimum Gasteiger partial charge on any atom is -0.506 e. The van der Waals surface area contributed by atoms with Crippen LogP contribution in [0.5, 0.6) is 5.75 Å². The first-order chi connectivity index (χ1) is 8.24. The molecule has 0 spiro atoms. The molecule has 0 aliphatic heterocycles. The largest absolute Gasteiger partial charge is 0.506 e. The maximum absolute atomic E-state index is 11.9. The zero-order valence-corrected chi connectivity index (χ0v) is 10.8. The summed E-state index contributed by atoms with van der Waals surface area (Å²) in [6.07, 6.45) is 0. The monoisotopic (exact) mass is 267 g/mol. The Bertz CT molecular complexity index is 536. The fraction of sp³-hybridized carbons (Fsp3) is 0.250. The van der Waals surface area contributed by atoms with Crippen molar-refractivity contribution < 1.29 is 9.90 Å². The quantitative estimate of drug-likeness (QED) is 0.645. The molecule has 3 N–H and O–H groups in total. The van der Waals surface area contributed by atoms with Gasteiger partial charge in [0.05, 0.1) is 5.75 Å². The molecule has 2 aromatic rings. The Labute approximate surface area is 108 Å². The number of thioether (sulfide) groups is 1. The zero-order chi connectivity index (χ0) is 12.3. The third-order valence-corrected chi connectivity index (χ3v) is 4.51. The normalized spacial score (nSPS) is 10.9. The van der Waals surface area contributed by atoms with Gasteiger partial charge < -0.3 is 10.8 Å². The number of ketones is 1. The van der Waals surface area contributed by atoms with Crippen molar-refractivity contribution in [3.63, 3.8) is 0 Å². The second-order valence-corrected chi connectivity index (χ2v) is 5.70. The van der Waals surface area contributed by atoms with E-state index in [0.29, 0.717) is 17.2 Å². The smallest absolute Gasteiger partial charge is 0.186 e. The molecular weight excluding hydrogens is 254 g/mol. The third kappa shape index (κ3) is 2.62. The first-order valence-corrected chi connectivity index (χ1v) is 7.22. The molecule has 0 atom stereocenters. The van der Waals surface area contributed by atoms with Gasteiger partial charge in [-0.25, -0.2) is 0 Å². The van der Waals surface area contributed by atoms with E-state index in [1.165, 1.54) is 23.1 Å². The molecule has 3 nitrogen and oxygen atoms in total. The molecule has 0 amide bonds. The van der Waals surface area contributed by atoms with Crippen molar-refractivity contribution in [3.05, 3.63) is 29.1 Å². The lowest BCUT2D eigenvalue weighted by Crippen LogP contribution is -2.06. The van der Waals surface area contributed by atoms with Gasteiger partial charge >= 0.3 is 0 Å². The van der Waals surface area contributed by atoms with Crippen LogP contribution in [0.25, 0.3) is 10.1 Å². The number of aromatic hydroxyl groups is 1. The SMILES string of the molecule is NCCSCC(=O)c1sc2ccccc2c1O. The number of carbonyl (C=O) groups excluding carboxylic acids is 1. The van der Waals surface area contributed by atoms with Gasteiger partial charge in [0.15, 0.2) is 5.78 Å². The Morgan fingerprint density at radius 1 is 1.41 bits per heavy atom. The van der Waals surface area contributed by atoms with Gasteiger partial charge in [-0.3, -0.25) is 4.79 Å². The molecule has 1 aromatic carbocycles. The Hall–Kier alpha value is -1.04. The summed E-state index contributed by atoms with van der Waals surface area (Å²) in [6, 6.07) is 7.48. The predicted octanol–water partition coefficient (Wildman–Crippen LogP) is 2.48. The Morgan fingerprint density at radius 3 is 2.88 bits per heavy atom. The highest BCUT2D eigenvalue weighted by atomic mass is 32.2. The zero-order valence-electron chi connectivity index (χ0n) is 9.18. The van der Waals surface area contributed by atoms with Crippen molar-refractivity contribution in [1.82, 2.24) is 0 Å². The summed E-state index contributed by atoms with van der Waals surface area (Å²) in [4.78, 5) is 12.4. The molecule has 0 saturated carbocycles. The van der Waals surface area contributed by atoms with Gasteiger partial charge in [-0.1, -0.05) is 12.1 Å². The lowest BCUT2D eigenvalue weighted by Gasteiger charge is -1.98. The van der Waals surface area contributed by atoms with Gasteiger partial charge in [0.1, 0.15) is 10.6 Å². The van der Waals surface area contributed by atoms with Gasteiger partial charge in [0.2, 0.25) is 0 Å². The topological polar surface area (TPSA) is 63.3 Å². The van der Waals surface area contributed by atoms with Crippen LogP contribution < -0.4 is 5.73 Å². The van der Waals surface area contributed by atoms with Gasteiger partial charge in [0, 0.05) is 22.4 Å². The molecule has 0 saturated heterocycles. The summed E-state index contributed by atoms with van der Waals surface area (Å²) in [6.45, 7) is 0.566. The minimum atomic E-state index is -0.0258. The molecule has 0 bridgehead atoms. The van der Waals surface area contributed by atoms with E-state index in [0.717, 1.165) is 15.8 Å². The molecule has 1 aromatic heterocycles. The molecular formula is C12H13NO2S2. The van der Waals surface area contributed by atoms with Crippen LogP contribution in [0.3, 0.4) is 0 Å². The van der Waals surface area contributed by atoms with E-state index in [2.05, 4.69) is 0 Å². The van der Waals surface area contributed by atoms with Crippen molar-refractivity contribution >= 4 is 39.0 Å². The first kappa shape index (κ1) is 12.4. The van der Waals surface area contributed by atoms with E-state index in [-0.39, 0.29) is 11.5 Å². The molecule has 17 heavy (non-hydrogen) atoms. The second-order valence-electron chi connectivity index (χ2n) is 3.54. The first-order valence-electron chi connectivity index (χ1n) is 5.25. The number of fused-ring (bicyclic) bond motifs is 1. The number of nitrogens with two attached hydrogens (primary N) is 1. The second kappa shape index (κ2) is 5.53. The van der Waals surface area contributed by atoms with E-state index < -0.39 is 0 Å². The third-order valence-electron chi connectivity index (χ3n) is 2.32. The molecule has 0 unspecified atom stereocenters. The Kier molecular flexibility index (Phi) is 4.04. The Balaban J connectivity index is 2.23. The number of carbonyl (C=O) groups is 1. The van der Waals surface area contributed by atoms with Crippen molar-refractivity contribution in [3.8, 4) is 5.75 Å². The van der Waals surface area contributed by atoms with Crippen LogP contribution in [0.2, 0.25) is 0 Å². The highest BCUT2D eigenvalue weighted by molar-refractivity contribution is 8.00. The van der Waals surface area contributed by atoms with Crippen LogP contribution in [-0.4, -0.2) is 28.9 Å². The van der Waals surface area contributed by atoms with E-state index in [1.807, 2.05) is 24.3 Å². The van der Waals surface area contributed by atoms with Crippen molar-refractivity contribution in [2.45, 2.75) is 0 Å². The standard InChI is InChI=1S/C12H13NO2S2/c13-5-6-16-7-9(14)12-11(15)8-3-1-2-4-10(8)17-12/h1-4,15H,5-7,13H2. The van der Waals surface area contributed by atoms with Crippen LogP contribution in [0.4, 0.5) is 0 Å². The number of thiophene rings is 1. The van der Waals surface area contributed by atoms with E-state index in [4.69, 9.17) is 5.73 Å². The van der Waals surface area contributed by atoms with Gasteiger partial charge in [-0.2, -0.15) is 11.8 Å². The minimum absolute atomic E-state index is 0.0258. The summed E-state index contributed by atoms with van der Waals surface area (Å²) >= 11 is 2.84. The van der Waals surface area contributed by atoms with E-state index in [9.17, 15) is 9.90 Å². The average Bonchev–Trinajstić information content (AvgIpc) is 2.68. The van der Waals surface area contributed by atoms with Gasteiger partial charge in [-0.15, -0.1) is 11.3 Å². The van der Waals surface area contributed by atoms with Crippen LogP contribution in [0.1, 0.15) is 9.67 Å². The number of hydrogen-bond acceptors (Lipinski definition) is 5. The fourth-order valence-corrected chi connectivity index (χ4v) is 3.30. The summed E-state index contributed by atoms with van der Waals surface area (Å²) in [5.74, 6) is 1.22. The lowest BCUT2D eigenvalue weighted by atomic mass is 10.2. The van der Waals surface area contributed by atoms with Crippen molar-refractivity contribution in [2.24, 2.45) is 5.73 Å². The fourth-order valence-electron chi connectivity index (χ4n) is 1.53. The average molecular weight is 267 g/mol. The number of benzene rings is 1. The van der Waals surface area contributed by atoms with Crippen LogP contribution >= 0.6 is 23.1 Å².